The molecule has 1 aromatic heterocycles. The first-order chi connectivity index (χ1) is 26.0. The van der Waals surface area contributed by atoms with Crippen LogP contribution in [0.25, 0.3) is 60.9 Å². The molecule has 0 unspecified atom stereocenters. The number of nitrogens with zero attached hydrogens (tertiary/aromatic N) is 1. The summed E-state index contributed by atoms with van der Waals surface area (Å²) in [5, 5.41) is 2.56. The molecule has 1 heterocycles. The molecule has 0 saturated heterocycles. The maximum atomic E-state index is 2.42. The second kappa shape index (κ2) is 15.3. The van der Waals surface area contributed by atoms with Crippen molar-refractivity contribution in [3.8, 4) is 39.1 Å². The van der Waals surface area contributed by atoms with Crippen molar-refractivity contribution in [3.63, 3.8) is 0 Å². The van der Waals surface area contributed by atoms with Crippen LogP contribution in [0.1, 0.15) is 16.7 Å². The maximum Gasteiger partial charge on any atom is 0.0552 e. The molecule has 0 saturated carbocycles. The average Bonchev–Trinajstić information content (AvgIpc) is 3.52. The lowest BCUT2D eigenvalue weighted by Crippen LogP contribution is -1.94. The quantitative estimate of drug-likeness (QED) is 0.167. The Hall–Kier alpha value is -6.09. The van der Waals surface area contributed by atoms with E-state index in [-0.39, 0.29) is 0 Å². The molecule has 0 aliphatic carbocycles. The topological polar surface area (TPSA) is 4.93 Å². The third-order valence-corrected chi connectivity index (χ3v) is 11.2. The second-order valence-electron chi connectivity index (χ2n) is 13.6. The van der Waals surface area contributed by atoms with Crippen molar-refractivity contribution in [2.24, 2.45) is 0 Å². The number of hydrogen-bond donors (Lipinski definition) is 0. The normalized spacial score (nSPS) is 11.0. The minimum atomic E-state index is 1.16. The van der Waals surface area contributed by atoms with Crippen LogP contribution in [0.5, 0.6) is 0 Å². The highest BCUT2D eigenvalue weighted by molar-refractivity contribution is 7.99. The molecule has 9 aromatic rings. The first-order valence-corrected chi connectivity index (χ1v) is 19.0. The molecule has 0 fully saturated rings. The molecule has 1 nitrogen and oxygen atoms in total. The summed E-state index contributed by atoms with van der Waals surface area (Å²) < 4.78 is 2.42. The summed E-state index contributed by atoms with van der Waals surface area (Å²) in [7, 11) is 0. The summed E-state index contributed by atoms with van der Waals surface area (Å²) in [6, 6.07) is 69.8. The lowest BCUT2D eigenvalue weighted by atomic mass is 9.93. The zero-order valence-electron chi connectivity index (χ0n) is 30.3. The van der Waals surface area contributed by atoms with Gasteiger partial charge in [0.2, 0.25) is 0 Å². The van der Waals surface area contributed by atoms with Crippen LogP contribution in [-0.2, 0) is 0 Å². The van der Waals surface area contributed by atoms with E-state index in [2.05, 4.69) is 201 Å². The predicted octanol–water partition coefficient (Wildman–Crippen LogP) is 14.5. The highest BCUT2D eigenvalue weighted by Gasteiger charge is 2.16. The highest BCUT2D eigenvalue weighted by atomic mass is 32.2. The number of aromatic nitrogens is 1. The van der Waals surface area contributed by atoms with Gasteiger partial charge in [0.05, 0.1) is 11.0 Å². The molecule has 0 aliphatic heterocycles. The Labute approximate surface area is 317 Å². The highest BCUT2D eigenvalue weighted by Crippen LogP contribution is 2.40. The van der Waals surface area contributed by atoms with Gasteiger partial charge in [-0.3, -0.25) is 0 Å². The van der Waals surface area contributed by atoms with Crippen LogP contribution in [0.3, 0.4) is 0 Å². The van der Waals surface area contributed by atoms with Gasteiger partial charge in [-0.05, 0) is 120 Å². The van der Waals surface area contributed by atoms with Crippen molar-refractivity contribution < 1.29 is 0 Å². The Kier molecular flexibility index (Phi) is 9.79. The van der Waals surface area contributed by atoms with E-state index in [1.807, 2.05) is 30.0 Å². The van der Waals surface area contributed by atoms with Crippen LogP contribution >= 0.6 is 11.8 Å². The van der Waals surface area contributed by atoms with Crippen LogP contribution in [0.4, 0.5) is 0 Å². The van der Waals surface area contributed by atoms with E-state index in [9.17, 15) is 0 Å². The van der Waals surface area contributed by atoms with E-state index >= 15 is 0 Å². The molecular weight excluding hydrogens is 659 g/mol. The van der Waals surface area contributed by atoms with Gasteiger partial charge in [-0.2, -0.15) is 0 Å². The second-order valence-corrected chi connectivity index (χ2v) is 14.7. The predicted molar refractivity (Wildman–Crippen MR) is 228 cm³/mol. The average molecular weight is 700 g/mol. The fourth-order valence-corrected chi connectivity index (χ4v) is 8.01. The Morgan fingerprint density at radius 2 is 0.849 bits per heavy atom. The largest absolute Gasteiger partial charge is 0.309 e. The molecule has 53 heavy (non-hydrogen) atoms. The van der Waals surface area contributed by atoms with Crippen molar-refractivity contribution in [2.45, 2.75) is 30.6 Å². The maximum absolute atomic E-state index is 2.42. The van der Waals surface area contributed by atoms with E-state index < -0.39 is 0 Å². The Morgan fingerprint density at radius 3 is 1.42 bits per heavy atom. The molecule has 256 valence electrons. The summed E-state index contributed by atoms with van der Waals surface area (Å²) >= 11 is 1.85. The van der Waals surface area contributed by atoms with Gasteiger partial charge < -0.3 is 4.57 Å². The number of hydrogen-bond acceptors (Lipinski definition) is 1. The summed E-state index contributed by atoms with van der Waals surface area (Å²) in [5.74, 6) is 0. The smallest absolute Gasteiger partial charge is 0.0552 e. The van der Waals surface area contributed by atoms with Crippen molar-refractivity contribution in [2.75, 3.05) is 0 Å². The lowest BCUT2D eigenvalue weighted by Gasteiger charge is -2.13. The monoisotopic (exact) mass is 699 g/mol. The molecule has 0 aliphatic rings. The minimum Gasteiger partial charge on any atom is -0.309 e. The van der Waals surface area contributed by atoms with Gasteiger partial charge in [-0.1, -0.05) is 157 Å². The molecule has 8 aromatic carbocycles. The minimum absolute atomic E-state index is 1.16. The third-order valence-electron chi connectivity index (χ3n) is 9.83. The van der Waals surface area contributed by atoms with Crippen LogP contribution < -0.4 is 0 Å². The number of benzene rings is 8. The number of rotatable bonds is 6. The van der Waals surface area contributed by atoms with Gasteiger partial charge >= 0.3 is 0 Å². The van der Waals surface area contributed by atoms with E-state index in [0.29, 0.717) is 0 Å². The molecule has 0 bridgehead atoms. The molecule has 0 radical (unpaired) electrons. The Bertz CT molecular complexity index is 2580. The number of fused-ring (bicyclic) bond motifs is 3. The third kappa shape index (κ3) is 7.33. The van der Waals surface area contributed by atoms with Crippen molar-refractivity contribution in [3.05, 3.63) is 211 Å². The van der Waals surface area contributed by atoms with Gasteiger partial charge in [-0.15, -0.1) is 0 Å². The van der Waals surface area contributed by atoms with Crippen LogP contribution in [0, 0.1) is 20.8 Å². The van der Waals surface area contributed by atoms with Gasteiger partial charge in [0.1, 0.15) is 0 Å². The molecule has 9 rings (SSSR count). The van der Waals surface area contributed by atoms with E-state index in [1.165, 1.54) is 81.7 Å². The summed E-state index contributed by atoms with van der Waals surface area (Å²) in [4.78, 5) is 2.58. The molecule has 0 N–H and O–H groups in total. The van der Waals surface area contributed by atoms with Gasteiger partial charge in [0, 0.05) is 26.3 Å². The van der Waals surface area contributed by atoms with Crippen molar-refractivity contribution in [1.82, 2.24) is 4.57 Å². The van der Waals surface area contributed by atoms with E-state index in [0.717, 1.165) is 5.69 Å². The molecule has 0 atom stereocenters. The number of para-hydroxylation sites is 1. The Balaban J connectivity index is 0.000000515. The summed E-state index contributed by atoms with van der Waals surface area (Å²) in [6.07, 6.45) is 0. The van der Waals surface area contributed by atoms with Gasteiger partial charge in [0.25, 0.3) is 0 Å². The fourth-order valence-electron chi connectivity index (χ4n) is 7.01. The lowest BCUT2D eigenvalue weighted by molar-refractivity contribution is 1.17. The number of aryl methyl sites for hydroxylation is 3. The first-order valence-electron chi connectivity index (χ1n) is 18.2. The fraction of sp³-hybridized carbons (Fsp3) is 0.0588. The summed E-state index contributed by atoms with van der Waals surface area (Å²) in [6.45, 7) is 6.50. The molecule has 0 spiro atoms. The zero-order valence-corrected chi connectivity index (χ0v) is 31.1. The Morgan fingerprint density at radius 1 is 0.340 bits per heavy atom. The van der Waals surface area contributed by atoms with E-state index in [1.54, 1.807) is 0 Å². The van der Waals surface area contributed by atoms with Crippen molar-refractivity contribution in [1.29, 1.82) is 0 Å². The summed E-state index contributed by atoms with van der Waals surface area (Å²) in [5.41, 5.74) is 14.8. The zero-order chi connectivity index (χ0) is 36.1. The van der Waals surface area contributed by atoms with E-state index in [4.69, 9.17) is 0 Å². The van der Waals surface area contributed by atoms with Gasteiger partial charge in [0.15, 0.2) is 0 Å². The van der Waals surface area contributed by atoms with Crippen LogP contribution in [0.15, 0.2) is 204 Å². The van der Waals surface area contributed by atoms with Crippen LogP contribution in [-0.4, -0.2) is 4.57 Å². The molecule has 2 heteroatoms. The first kappa shape index (κ1) is 34.0. The van der Waals surface area contributed by atoms with Crippen LogP contribution in [0.2, 0.25) is 0 Å². The van der Waals surface area contributed by atoms with Gasteiger partial charge in [-0.25, -0.2) is 0 Å². The standard InChI is InChI=1S/C44H33NS.C7H8/c1-30-13-9-12-20-43(30)46-44-29-42-40(25-31(44)2)39-18-10-11-19-41(39)45(42)38-23-21-34(22-24-38)37-27-35(32-14-5-3-6-15-32)26-36(28-37)33-16-7-4-8-17-33;1-7-5-3-2-4-6-7/h3-29H,1-2H3;2-6H,1H3. The molecular formula is C51H41NS. The molecule has 0 amide bonds. The SMILES string of the molecule is Cc1ccccc1.Cc1ccccc1Sc1cc2c(cc1C)c1ccccc1n2-c1ccc(-c2cc(-c3ccccc3)cc(-c3ccccc3)c2)cc1. The van der Waals surface area contributed by atoms with Crippen molar-refractivity contribution >= 4 is 33.6 Å².